The topological polar surface area (TPSA) is 356 Å². The lowest BCUT2D eigenvalue weighted by molar-refractivity contribution is -0.143. The van der Waals surface area contributed by atoms with Crippen molar-refractivity contribution in [1.82, 2.24) is 47.1 Å². The molecule has 364 valence electrons. The number of aliphatic hydroxyl groups excluding tert-OH is 2. The molecule has 66 heavy (non-hydrogen) atoms. The summed E-state index contributed by atoms with van der Waals surface area (Å²) in [5.41, 5.74) is 6.27. The van der Waals surface area contributed by atoms with Crippen LogP contribution in [0.1, 0.15) is 65.4 Å². The van der Waals surface area contributed by atoms with Gasteiger partial charge in [-0.25, -0.2) is 0 Å². The van der Waals surface area contributed by atoms with Crippen LogP contribution in [0.15, 0.2) is 23.2 Å². The maximum atomic E-state index is 14.5. The number of amides is 9. The smallest absolute Gasteiger partial charge is 0.246 e. The normalized spacial score (nSPS) is 24.2. The second-order valence-corrected chi connectivity index (χ2v) is 17.7. The molecule has 1 aromatic heterocycles. The van der Waals surface area contributed by atoms with Gasteiger partial charge < -0.3 is 72.3 Å². The molecule has 23 nitrogen and oxygen atoms in total. The first-order valence-electron chi connectivity index (χ1n) is 21.8. The Hall–Kier alpha value is -5.98. The lowest BCUT2D eigenvalue weighted by Crippen LogP contribution is -2.61. The van der Waals surface area contributed by atoms with E-state index >= 15 is 0 Å². The molecule has 9 atom stereocenters. The predicted octanol–water partition coefficient (Wildman–Crippen LogP) is -3.56. The minimum atomic E-state index is -1.68. The molecule has 0 spiro atoms. The Morgan fingerprint density at radius 3 is 2.20 bits per heavy atom. The van der Waals surface area contributed by atoms with Crippen LogP contribution >= 0.6 is 0 Å². The molecule has 3 heterocycles. The number of aromatic nitrogens is 1. The predicted molar refractivity (Wildman–Crippen MR) is 237 cm³/mol. The lowest BCUT2D eigenvalue weighted by atomic mass is 9.94. The lowest BCUT2D eigenvalue weighted by Gasteiger charge is -2.32. The third-order valence-electron chi connectivity index (χ3n) is 11.5. The van der Waals surface area contributed by atoms with Crippen LogP contribution in [0.3, 0.4) is 0 Å². The second kappa shape index (κ2) is 24.5. The zero-order valence-electron chi connectivity index (χ0n) is 37.7. The highest BCUT2D eigenvalue weighted by molar-refractivity contribution is 7.90. The molecule has 0 radical (unpaired) electrons. The number of aliphatic hydroxyl groups is 2. The van der Waals surface area contributed by atoms with Gasteiger partial charge in [-0.2, -0.15) is 0 Å². The number of hydrogen-bond donors (Lipinski definition) is 11. The van der Waals surface area contributed by atoms with E-state index < -0.39 is 145 Å². The molecule has 0 saturated carbocycles. The number of carbonyl (C=O) groups excluding carboxylic acids is 9. The van der Waals surface area contributed by atoms with Crippen molar-refractivity contribution in [3.63, 3.8) is 0 Å². The summed E-state index contributed by atoms with van der Waals surface area (Å²) in [6.07, 6.45) is 0.271. The quantitative estimate of drug-likeness (QED) is 0.0868. The number of H-pyrrole nitrogens is 1. The number of nitrogens with two attached hydrogens (primary N) is 1. The minimum absolute atomic E-state index is 0.0182. The van der Waals surface area contributed by atoms with E-state index in [-0.39, 0.29) is 30.8 Å². The maximum Gasteiger partial charge on any atom is 0.246 e. The van der Waals surface area contributed by atoms with Crippen LogP contribution in [0.25, 0.3) is 10.9 Å². The number of primary amides is 1. The summed E-state index contributed by atoms with van der Waals surface area (Å²) in [5.74, 6) is -9.20. The van der Waals surface area contributed by atoms with Crippen LogP contribution in [0, 0.1) is 11.8 Å². The first-order valence-corrected chi connectivity index (χ1v) is 23.4. The van der Waals surface area contributed by atoms with Crippen molar-refractivity contribution in [3.8, 4) is 5.75 Å². The average molecular weight is 947 g/mol. The summed E-state index contributed by atoms with van der Waals surface area (Å²) >= 11 is -1.67. The summed E-state index contributed by atoms with van der Waals surface area (Å²) in [5, 5.41) is 38.7. The molecular weight excluding hydrogens is 885 g/mol. The van der Waals surface area contributed by atoms with Crippen molar-refractivity contribution in [3.05, 3.63) is 23.8 Å². The molecule has 4 rings (SSSR count). The van der Waals surface area contributed by atoms with Gasteiger partial charge in [0.2, 0.25) is 58.2 Å². The van der Waals surface area contributed by atoms with Gasteiger partial charge in [0, 0.05) is 47.1 Å². The number of hydrogen-bond acceptors (Lipinski definition) is 13. The summed E-state index contributed by atoms with van der Waals surface area (Å²) in [4.78, 5) is 125. The van der Waals surface area contributed by atoms with Crippen LogP contribution in [-0.4, -0.2) is 160 Å². The number of nitrogens with one attached hydrogen (secondary N) is 8. The molecule has 1 aromatic carbocycles. The number of fused-ring (bicyclic) bond motifs is 2. The Morgan fingerprint density at radius 1 is 0.879 bits per heavy atom. The third kappa shape index (κ3) is 14.0. The van der Waals surface area contributed by atoms with Crippen molar-refractivity contribution >= 4 is 75.2 Å². The van der Waals surface area contributed by atoms with E-state index in [0.717, 1.165) is 11.3 Å². The molecule has 2 aromatic rings. The first-order chi connectivity index (χ1) is 31.3. The van der Waals surface area contributed by atoms with Gasteiger partial charge in [-0.1, -0.05) is 34.1 Å². The highest BCUT2D eigenvalue weighted by Crippen LogP contribution is 2.30. The number of carbonyl (C=O) groups is 9. The Kier molecular flexibility index (Phi) is 19.6. The molecule has 2 fully saturated rings. The molecular formula is C42H62N10O13S. The molecule has 9 amide bonds. The minimum Gasteiger partial charge on any atom is -0.610 e. The van der Waals surface area contributed by atoms with Crippen molar-refractivity contribution in [2.45, 2.75) is 108 Å². The Labute approximate surface area is 384 Å². The van der Waals surface area contributed by atoms with Crippen LogP contribution < -0.4 is 47.7 Å². The van der Waals surface area contributed by atoms with E-state index in [1.807, 2.05) is 6.92 Å². The SMILES string of the molecule is CCCOc1ccc2c(C[C@H]3NC(=O)[C@H]([C@@H](C)[C@@H](O)CO)NC(=O)[C@@H]4CCCN4C(=O)[C@H](CC(N)=O)NC(=O)CNC(=O)CNC(=O)[C@H]([C@@H](C)CC)NC(=O)CNC3=O)c([S+](C)[O-])[nH]c2c1. The maximum absolute atomic E-state index is 14.5. The molecule has 1 unspecified atom stereocenters. The Morgan fingerprint density at radius 2 is 1.55 bits per heavy atom. The van der Waals surface area contributed by atoms with Gasteiger partial charge in [0.15, 0.2) is 0 Å². The number of benzene rings is 1. The summed E-state index contributed by atoms with van der Waals surface area (Å²) in [6.45, 7) is 4.27. The fourth-order valence-corrected chi connectivity index (χ4v) is 8.40. The van der Waals surface area contributed by atoms with Gasteiger partial charge in [0.25, 0.3) is 0 Å². The van der Waals surface area contributed by atoms with Gasteiger partial charge in [0.1, 0.15) is 42.2 Å². The Bertz CT molecular complexity index is 2120. The zero-order valence-corrected chi connectivity index (χ0v) is 38.5. The summed E-state index contributed by atoms with van der Waals surface area (Å²) in [7, 11) is 0. The van der Waals surface area contributed by atoms with Gasteiger partial charge in [-0.15, -0.1) is 0 Å². The van der Waals surface area contributed by atoms with Crippen LogP contribution in [0.4, 0.5) is 0 Å². The molecule has 2 aliphatic heterocycles. The second-order valence-electron chi connectivity index (χ2n) is 16.4. The van der Waals surface area contributed by atoms with Crippen LogP contribution in [-0.2, 0) is 60.7 Å². The monoisotopic (exact) mass is 946 g/mol. The molecule has 0 bridgehead atoms. The van der Waals surface area contributed by atoms with Crippen molar-refractivity contribution in [2.75, 3.05) is 45.6 Å². The zero-order chi connectivity index (χ0) is 48.8. The number of rotatable bonds is 13. The van der Waals surface area contributed by atoms with E-state index in [1.54, 1.807) is 32.0 Å². The van der Waals surface area contributed by atoms with Gasteiger partial charge in [-0.3, -0.25) is 43.2 Å². The summed E-state index contributed by atoms with van der Waals surface area (Å²) < 4.78 is 18.9. The van der Waals surface area contributed by atoms with Gasteiger partial charge >= 0.3 is 0 Å². The van der Waals surface area contributed by atoms with Gasteiger partial charge in [0.05, 0.1) is 50.9 Å². The molecule has 2 aliphatic rings. The average Bonchev–Trinajstić information content (AvgIpc) is 3.93. The van der Waals surface area contributed by atoms with E-state index in [4.69, 9.17) is 10.5 Å². The van der Waals surface area contributed by atoms with E-state index in [9.17, 15) is 57.9 Å². The van der Waals surface area contributed by atoms with E-state index in [1.165, 1.54) is 13.2 Å². The number of aromatic amines is 1. The molecule has 2 saturated heterocycles. The first kappa shape index (κ1) is 52.6. The van der Waals surface area contributed by atoms with E-state index in [0.29, 0.717) is 35.2 Å². The van der Waals surface area contributed by atoms with Crippen molar-refractivity contribution < 1.29 is 62.7 Å². The van der Waals surface area contributed by atoms with Crippen molar-refractivity contribution in [1.29, 1.82) is 0 Å². The molecule has 0 aliphatic carbocycles. The summed E-state index contributed by atoms with van der Waals surface area (Å²) in [6, 6.07) is -2.24. The van der Waals surface area contributed by atoms with Gasteiger partial charge in [-0.05, 0) is 37.3 Å². The number of nitrogens with zero attached hydrogens (tertiary/aromatic N) is 1. The van der Waals surface area contributed by atoms with Crippen molar-refractivity contribution in [2.24, 2.45) is 17.6 Å². The third-order valence-corrected chi connectivity index (χ3v) is 12.4. The van der Waals surface area contributed by atoms with E-state index in [2.05, 4.69) is 42.2 Å². The van der Waals surface area contributed by atoms with Crippen LogP contribution in [0.5, 0.6) is 5.75 Å². The largest absolute Gasteiger partial charge is 0.610 e. The highest BCUT2D eigenvalue weighted by Gasteiger charge is 2.42. The Balaban J connectivity index is 1.79. The highest BCUT2D eigenvalue weighted by atomic mass is 32.2. The number of ether oxygens (including phenoxy) is 1. The van der Waals surface area contributed by atoms with Crippen LogP contribution in [0.2, 0.25) is 0 Å². The fraction of sp³-hybridized carbons (Fsp3) is 0.595. The fourth-order valence-electron chi connectivity index (χ4n) is 7.60. The molecule has 12 N–H and O–H groups in total. The standard InChI is InChI=1S/C42H62N10O13S/c1-6-13-65-23-10-11-24-25(41(66(5)64)49-26(24)14-23)15-27-37(59)45-19-34(58)50-35(21(3)7-2)39(61)46-17-32(56)44-18-33(57)47-28(16-31(43)55)42(63)52-12-8-9-29(52)38(60)51-36(40(62)48-27)22(4)30(54)20-53/h10-11,14,21-22,27-30,35-36,49,53-54H,6-9,12-13,15-20H2,1-5H3,(H2,43,55)(H,44,56)(H,45,59)(H,46,61)(H,47,57)(H,48,62)(H,50,58)(H,51,60)/t21-,22-,27+,28-,29-,30-,35-,36-,66?/m0/s1. The molecule has 24 heteroatoms.